The maximum atomic E-state index is 13.0. The summed E-state index contributed by atoms with van der Waals surface area (Å²) in [6.07, 6.45) is 8.29. The van der Waals surface area contributed by atoms with Gasteiger partial charge in [-0.05, 0) is 36.4 Å². The highest BCUT2D eigenvalue weighted by molar-refractivity contribution is 8.00. The van der Waals surface area contributed by atoms with Crippen molar-refractivity contribution in [3.05, 3.63) is 78.7 Å². The first kappa shape index (κ1) is 16.5. The molecule has 0 bridgehead atoms. The highest BCUT2D eigenvalue weighted by Crippen LogP contribution is 2.43. The van der Waals surface area contributed by atoms with Crippen LogP contribution in [0.2, 0.25) is 0 Å². The van der Waals surface area contributed by atoms with Gasteiger partial charge in [-0.1, -0.05) is 36.4 Å². The Labute approximate surface area is 154 Å². The van der Waals surface area contributed by atoms with Crippen molar-refractivity contribution in [3.8, 4) is 0 Å². The third-order valence-electron chi connectivity index (χ3n) is 4.19. The Morgan fingerprint density at radius 1 is 1.08 bits per heavy atom. The Morgan fingerprint density at radius 2 is 1.84 bits per heavy atom. The molecule has 1 amide bonds. The Bertz CT molecular complexity index is 847. The van der Waals surface area contributed by atoms with Gasteiger partial charge in [0.2, 0.25) is 5.91 Å². The number of para-hydroxylation sites is 1. The lowest BCUT2D eigenvalue weighted by Gasteiger charge is -2.40. The van der Waals surface area contributed by atoms with Crippen LogP contribution >= 0.6 is 23.5 Å². The van der Waals surface area contributed by atoms with E-state index in [2.05, 4.69) is 18.2 Å². The van der Waals surface area contributed by atoms with E-state index in [-0.39, 0.29) is 23.0 Å². The van der Waals surface area contributed by atoms with Crippen LogP contribution in [-0.4, -0.2) is 23.0 Å². The van der Waals surface area contributed by atoms with Crippen molar-refractivity contribution in [2.75, 3.05) is 10.7 Å². The van der Waals surface area contributed by atoms with Crippen molar-refractivity contribution in [2.24, 2.45) is 0 Å². The van der Waals surface area contributed by atoms with Crippen LogP contribution in [0.3, 0.4) is 0 Å². The molecule has 0 fully saturated rings. The number of anilines is 1. The van der Waals surface area contributed by atoms with Crippen LogP contribution in [0.25, 0.3) is 0 Å². The lowest BCUT2D eigenvalue weighted by Crippen LogP contribution is -2.48. The zero-order valence-electron chi connectivity index (χ0n) is 13.3. The predicted octanol–water partition coefficient (Wildman–Crippen LogP) is 4.92. The number of halogens is 1. The number of fused-ring (bicyclic) bond motifs is 2. The van der Waals surface area contributed by atoms with Crippen LogP contribution in [-0.2, 0) is 4.79 Å². The first-order valence-electron chi connectivity index (χ1n) is 8.03. The summed E-state index contributed by atoms with van der Waals surface area (Å²) in [4.78, 5) is 17.0. The summed E-state index contributed by atoms with van der Waals surface area (Å²) in [5.74, 6) is 0.127. The van der Waals surface area contributed by atoms with Crippen LogP contribution in [0, 0.1) is 5.82 Å². The number of hydrogen-bond donors (Lipinski definition) is 0. The van der Waals surface area contributed by atoms with E-state index in [9.17, 15) is 9.18 Å². The van der Waals surface area contributed by atoms with Crippen LogP contribution in [0.15, 0.2) is 82.6 Å². The van der Waals surface area contributed by atoms with Crippen molar-refractivity contribution >= 4 is 35.1 Å². The van der Waals surface area contributed by atoms with E-state index < -0.39 is 0 Å². The molecule has 25 heavy (non-hydrogen) atoms. The highest BCUT2D eigenvalue weighted by atomic mass is 32.2. The zero-order valence-corrected chi connectivity index (χ0v) is 15.0. The average Bonchev–Trinajstić information content (AvgIpc) is 2.65. The monoisotopic (exact) mass is 369 g/mol. The summed E-state index contributed by atoms with van der Waals surface area (Å²) < 4.78 is 13.0. The first-order chi connectivity index (χ1) is 12.2. The summed E-state index contributed by atoms with van der Waals surface area (Å²) in [6.45, 7) is 0. The molecule has 2 aromatic rings. The van der Waals surface area contributed by atoms with Gasteiger partial charge in [-0.2, -0.15) is 0 Å². The van der Waals surface area contributed by atoms with Gasteiger partial charge in [-0.15, -0.1) is 23.5 Å². The van der Waals surface area contributed by atoms with E-state index in [1.54, 1.807) is 23.9 Å². The second kappa shape index (κ2) is 7.10. The molecule has 0 saturated carbocycles. The van der Waals surface area contributed by atoms with E-state index >= 15 is 0 Å². The van der Waals surface area contributed by atoms with Gasteiger partial charge >= 0.3 is 0 Å². The van der Waals surface area contributed by atoms with Gasteiger partial charge in [0.15, 0.2) is 0 Å². The standard InChI is InChI=1S/C20H16FNOS2/c21-14-9-11-15(12-10-14)24-13-20(23)22-16-5-1-3-7-18(16)25-19-8-4-2-6-17(19)22/h1-12,16,18H,13H2/t16-,18-/m1/s1. The SMILES string of the molecule is O=C(CSc1ccc(F)cc1)N1c2ccccc2S[C@@H]2C=CC=C[C@H]21. The lowest BCUT2D eigenvalue weighted by molar-refractivity contribution is -0.116. The fourth-order valence-corrected chi connectivity index (χ4v) is 5.04. The Kier molecular flexibility index (Phi) is 4.68. The van der Waals surface area contributed by atoms with Crippen molar-refractivity contribution in [2.45, 2.75) is 21.1 Å². The largest absolute Gasteiger partial charge is 0.302 e. The molecule has 2 nitrogen and oxygen atoms in total. The van der Waals surface area contributed by atoms with Crippen molar-refractivity contribution in [1.82, 2.24) is 0 Å². The van der Waals surface area contributed by atoms with Gasteiger partial charge in [0, 0.05) is 9.79 Å². The third-order valence-corrected chi connectivity index (χ3v) is 6.49. The molecule has 0 aromatic heterocycles. The highest BCUT2D eigenvalue weighted by Gasteiger charge is 2.36. The van der Waals surface area contributed by atoms with Gasteiger partial charge in [-0.25, -0.2) is 4.39 Å². The molecule has 0 unspecified atom stereocenters. The molecule has 126 valence electrons. The molecule has 0 radical (unpaired) electrons. The number of benzene rings is 2. The first-order valence-corrected chi connectivity index (χ1v) is 9.90. The number of carbonyl (C=O) groups is 1. The molecule has 2 aliphatic rings. The Morgan fingerprint density at radius 3 is 2.68 bits per heavy atom. The molecule has 1 aliphatic carbocycles. The molecule has 4 rings (SSSR count). The second-order valence-corrected chi connectivity index (χ2v) is 8.09. The number of carbonyl (C=O) groups excluding carboxylic acids is 1. The van der Waals surface area contributed by atoms with Gasteiger partial charge in [0.1, 0.15) is 5.82 Å². The molecule has 0 spiro atoms. The summed E-state index contributed by atoms with van der Waals surface area (Å²) >= 11 is 3.24. The molecule has 2 atom stereocenters. The maximum absolute atomic E-state index is 13.0. The normalized spacial score (nSPS) is 20.9. The number of amides is 1. The van der Waals surface area contributed by atoms with Crippen LogP contribution < -0.4 is 4.90 Å². The fourth-order valence-electron chi connectivity index (χ4n) is 3.03. The van der Waals surface area contributed by atoms with Gasteiger partial charge < -0.3 is 4.90 Å². The van der Waals surface area contributed by atoms with E-state index in [4.69, 9.17) is 0 Å². The Balaban J connectivity index is 1.58. The van der Waals surface area contributed by atoms with E-state index in [1.165, 1.54) is 23.9 Å². The predicted molar refractivity (Wildman–Crippen MR) is 103 cm³/mol. The van der Waals surface area contributed by atoms with Gasteiger partial charge in [0.05, 0.1) is 22.7 Å². The van der Waals surface area contributed by atoms with E-state index in [0.717, 1.165) is 15.5 Å². The van der Waals surface area contributed by atoms with Crippen LogP contribution in [0.5, 0.6) is 0 Å². The molecule has 1 aliphatic heterocycles. The number of hydrogen-bond acceptors (Lipinski definition) is 3. The second-order valence-electron chi connectivity index (χ2n) is 5.82. The minimum atomic E-state index is -0.264. The zero-order chi connectivity index (χ0) is 17.2. The quantitative estimate of drug-likeness (QED) is 0.716. The summed E-state index contributed by atoms with van der Waals surface area (Å²) in [5, 5.41) is 0.236. The molecular weight excluding hydrogens is 353 g/mol. The molecule has 0 saturated heterocycles. The molecule has 1 heterocycles. The minimum absolute atomic E-state index is 0.0335. The topological polar surface area (TPSA) is 20.3 Å². The number of thioether (sulfide) groups is 2. The fraction of sp³-hybridized carbons (Fsp3) is 0.150. The van der Waals surface area contributed by atoms with Gasteiger partial charge in [0.25, 0.3) is 0 Å². The van der Waals surface area contributed by atoms with E-state index in [0.29, 0.717) is 5.75 Å². The smallest absolute Gasteiger partial charge is 0.237 e. The third kappa shape index (κ3) is 3.39. The summed E-state index contributed by atoms with van der Waals surface area (Å²) in [7, 11) is 0. The van der Waals surface area contributed by atoms with Crippen molar-refractivity contribution < 1.29 is 9.18 Å². The summed E-state index contributed by atoms with van der Waals surface area (Å²) in [6, 6.07) is 14.3. The lowest BCUT2D eigenvalue weighted by atomic mass is 10.0. The maximum Gasteiger partial charge on any atom is 0.237 e. The van der Waals surface area contributed by atoms with Crippen LogP contribution in [0.1, 0.15) is 0 Å². The van der Waals surface area contributed by atoms with E-state index in [1.807, 2.05) is 35.3 Å². The molecule has 2 aromatic carbocycles. The molecule has 0 N–H and O–H groups in total. The summed E-state index contributed by atoms with van der Waals surface area (Å²) in [5.41, 5.74) is 0.971. The number of nitrogens with zero attached hydrogens (tertiary/aromatic N) is 1. The average molecular weight is 369 g/mol. The van der Waals surface area contributed by atoms with Crippen molar-refractivity contribution in [3.63, 3.8) is 0 Å². The van der Waals surface area contributed by atoms with Crippen molar-refractivity contribution in [1.29, 1.82) is 0 Å². The number of allylic oxidation sites excluding steroid dienone is 2. The Hall–Kier alpha value is -1.98. The van der Waals surface area contributed by atoms with Crippen LogP contribution in [0.4, 0.5) is 10.1 Å². The molecule has 5 heteroatoms. The molecular formula is C20H16FNOS2. The number of rotatable bonds is 3. The van der Waals surface area contributed by atoms with Gasteiger partial charge in [-0.3, -0.25) is 4.79 Å². The minimum Gasteiger partial charge on any atom is -0.302 e.